The number of ether oxygens (including phenoxy) is 1. The van der Waals surface area contributed by atoms with E-state index in [9.17, 15) is 9.59 Å². The fourth-order valence-corrected chi connectivity index (χ4v) is 4.82. The van der Waals surface area contributed by atoms with Crippen molar-refractivity contribution in [2.45, 2.75) is 70.5 Å². The fourth-order valence-electron chi connectivity index (χ4n) is 4.82. The molecular formula is C23H31N3O3. The van der Waals surface area contributed by atoms with Gasteiger partial charge in [0.15, 0.2) is 0 Å². The summed E-state index contributed by atoms with van der Waals surface area (Å²) in [6.07, 6.45) is 6.42. The van der Waals surface area contributed by atoms with Crippen molar-refractivity contribution >= 4 is 22.7 Å². The zero-order chi connectivity index (χ0) is 20.6. The van der Waals surface area contributed by atoms with E-state index in [1.54, 1.807) is 12.0 Å². The topological polar surface area (TPSA) is 63.6 Å². The molecule has 0 saturated heterocycles. The molecule has 6 heteroatoms. The van der Waals surface area contributed by atoms with Gasteiger partial charge in [0.05, 0.1) is 19.2 Å². The van der Waals surface area contributed by atoms with Gasteiger partial charge in [0.25, 0.3) is 5.91 Å². The van der Waals surface area contributed by atoms with Crippen molar-refractivity contribution in [1.82, 2.24) is 14.8 Å². The number of aromatic nitrogens is 1. The van der Waals surface area contributed by atoms with Crippen molar-refractivity contribution < 1.29 is 14.3 Å². The highest BCUT2D eigenvalue weighted by Gasteiger charge is 2.47. The van der Waals surface area contributed by atoms with Crippen LogP contribution in [-0.2, 0) is 11.3 Å². The molecule has 2 aliphatic rings. The summed E-state index contributed by atoms with van der Waals surface area (Å²) in [5.41, 5.74) is 0.664. The molecule has 2 aromatic rings. The van der Waals surface area contributed by atoms with Gasteiger partial charge in [-0.2, -0.15) is 0 Å². The summed E-state index contributed by atoms with van der Waals surface area (Å²) < 4.78 is 7.37. The molecule has 0 bridgehead atoms. The molecule has 2 heterocycles. The molecule has 1 fully saturated rings. The van der Waals surface area contributed by atoms with Crippen LogP contribution >= 0.6 is 0 Å². The molecule has 0 radical (unpaired) electrons. The van der Waals surface area contributed by atoms with Crippen molar-refractivity contribution in [2.75, 3.05) is 13.7 Å². The molecule has 29 heavy (non-hydrogen) atoms. The van der Waals surface area contributed by atoms with Gasteiger partial charge in [0.2, 0.25) is 5.91 Å². The molecule has 1 aromatic heterocycles. The Labute approximate surface area is 172 Å². The highest BCUT2D eigenvalue weighted by atomic mass is 16.5. The predicted octanol–water partition coefficient (Wildman–Crippen LogP) is 3.72. The highest BCUT2D eigenvalue weighted by Crippen LogP contribution is 2.34. The van der Waals surface area contributed by atoms with E-state index in [4.69, 9.17) is 4.74 Å². The molecule has 1 saturated carbocycles. The minimum atomic E-state index is -0.910. The van der Waals surface area contributed by atoms with E-state index in [1.807, 2.05) is 42.7 Å². The number of rotatable bonds is 5. The Hall–Kier alpha value is -2.50. The molecule has 4 rings (SSSR count). The SMILES string of the molecule is CCCN1C(=O)c2cc3ccc(OC)cc3n2C[C@@]1(C)C(=O)NC1CCCCC1. The van der Waals surface area contributed by atoms with Crippen LogP contribution in [0.15, 0.2) is 24.3 Å². The standard InChI is InChI=1S/C23H31N3O3/c1-4-12-26-21(27)20-13-16-10-11-18(29-3)14-19(16)25(20)15-23(26,2)22(28)24-17-8-6-5-7-9-17/h10-11,13-14,17H,4-9,12,15H2,1-3H3,(H,24,28)/t23-/m0/s1. The number of hydrogen-bond donors (Lipinski definition) is 1. The first-order valence-corrected chi connectivity index (χ1v) is 10.8. The Morgan fingerprint density at radius 1 is 1.24 bits per heavy atom. The molecule has 0 unspecified atom stereocenters. The van der Waals surface area contributed by atoms with Crippen LogP contribution in [0, 0.1) is 0 Å². The minimum absolute atomic E-state index is 0.0402. The van der Waals surface area contributed by atoms with Crippen molar-refractivity contribution in [3.8, 4) is 5.75 Å². The van der Waals surface area contributed by atoms with Crippen LogP contribution in [-0.4, -0.2) is 46.5 Å². The van der Waals surface area contributed by atoms with Gasteiger partial charge in [-0.15, -0.1) is 0 Å². The quantitative estimate of drug-likeness (QED) is 0.836. The Balaban J connectivity index is 1.73. The predicted molar refractivity (Wildman–Crippen MR) is 113 cm³/mol. The summed E-state index contributed by atoms with van der Waals surface area (Å²) in [5.74, 6) is 0.631. The number of carbonyl (C=O) groups is 2. The highest BCUT2D eigenvalue weighted by molar-refractivity contribution is 6.03. The maximum atomic E-state index is 13.5. The van der Waals surface area contributed by atoms with E-state index in [2.05, 4.69) is 5.32 Å². The van der Waals surface area contributed by atoms with Crippen molar-refractivity contribution in [1.29, 1.82) is 0 Å². The van der Waals surface area contributed by atoms with Gasteiger partial charge in [-0.3, -0.25) is 9.59 Å². The van der Waals surface area contributed by atoms with Gasteiger partial charge in [-0.1, -0.05) is 26.2 Å². The van der Waals surface area contributed by atoms with Gasteiger partial charge in [0.1, 0.15) is 17.0 Å². The van der Waals surface area contributed by atoms with Crippen LogP contribution in [0.5, 0.6) is 5.75 Å². The second-order valence-corrected chi connectivity index (χ2v) is 8.58. The zero-order valence-corrected chi connectivity index (χ0v) is 17.7. The Morgan fingerprint density at radius 2 is 2.00 bits per heavy atom. The molecule has 6 nitrogen and oxygen atoms in total. The van der Waals surface area contributed by atoms with Crippen molar-refractivity contribution in [3.05, 3.63) is 30.0 Å². The number of amides is 2. The molecular weight excluding hydrogens is 366 g/mol. The summed E-state index contributed by atoms with van der Waals surface area (Å²) in [4.78, 5) is 28.7. The van der Waals surface area contributed by atoms with Gasteiger partial charge in [0, 0.05) is 24.0 Å². The maximum absolute atomic E-state index is 13.5. The van der Waals surface area contributed by atoms with E-state index in [0.717, 1.165) is 48.8 Å². The van der Waals surface area contributed by atoms with Gasteiger partial charge >= 0.3 is 0 Å². The number of hydrogen-bond acceptors (Lipinski definition) is 3. The number of fused-ring (bicyclic) bond motifs is 3. The maximum Gasteiger partial charge on any atom is 0.271 e. The molecule has 156 valence electrons. The van der Waals surface area contributed by atoms with Crippen LogP contribution < -0.4 is 10.1 Å². The summed E-state index contributed by atoms with van der Waals surface area (Å²) >= 11 is 0. The monoisotopic (exact) mass is 397 g/mol. The van der Waals surface area contributed by atoms with Crippen molar-refractivity contribution in [3.63, 3.8) is 0 Å². The minimum Gasteiger partial charge on any atom is -0.497 e. The van der Waals surface area contributed by atoms with Crippen molar-refractivity contribution in [2.24, 2.45) is 0 Å². The normalized spacial score (nSPS) is 22.6. The lowest BCUT2D eigenvalue weighted by Crippen LogP contribution is -2.65. The van der Waals surface area contributed by atoms with Crippen LogP contribution in [0.25, 0.3) is 10.9 Å². The molecule has 2 amide bonds. The van der Waals surface area contributed by atoms with Crippen LogP contribution in [0.2, 0.25) is 0 Å². The first-order chi connectivity index (χ1) is 14.0. The number of nitrogens with zero attached hydrogens (tertiary/aromatic N) is 2. The molecule has 1 aliphatic carbocycles. The number of nitrogens with one attached hydrogen (secondary N) is 1. The first-order valence-electron chi connectivity index (χ1n) is 10.8. The third-order valence-electron chi connectivity index (χ3n) is 6.51. The summed E-state index contributed by atoms with van der Waals surface area (Å²) in [6.45, 7) is 4.97. The van der Waals surface area contributed by atoms with Gasteiger partial charge < -0.3 is 19.5 Å². The Bertz CT molecular complexity index is 929. The molecule has 1 N–H and O–H groups in total. The number of methoxy groups -OCH3 is 1. The molecule has 0 spiro atoms. The largest absolute Gasteiger partial charge is 0.497 e. The third-order valence-corrected chi connectivity index (χ3v) is 6.51. The van der Waals surface area contributed by atoms with Crippen LogP contribution in [0.1, 0.15) is 62.9 Å². The Kier molecular flexibility index (Phi) is 5.28. The van der Waals surface area contributed by atoms with Crippen LogP contribution in [0.3, 0.4) is 0 Å². The average molecular weight is 398 g/mol. The van der Waals surface area contributed by atoms with E-state index in [0.29, 0.717) is 18.8 Å². The first kappa shape index (κ1) is 19.8. The Morgan fingerprint density at radius 3 is 2.69 bits per heavy atom. The summed E-state index contributed by atoms with van der Waals surface area (Å²) in [6, 6.07) is 7.96. The summed E-state index contributed by atoms with van der Waals surface area (Å²) in [5, 5.41) is 4.25. The van der Waals surface area contributed by atoms with Crippen LogP contribution in [0.4, 0.5) is 0 Å². The second-order valence-electron chi connectivity index (χ2n) is 8.58. The van der Waals surface area contributed by atoms with E-state index in [1.165, 1.54) is 6.42 Å². The van der Waals surface area contributed by atoms with E-state index < -0.39 is 5.54 Å². The zero-order valence-electron chi connectivity index (χ0n) is 17.7. The third kappa shape index (κ3) is 3.38. The number of carbonyl (C=O) groups excluding carboxylic acids is 2. The lowest BCUT2D eigenvalue weighted by Gasteiger charge is -2.44. The summed E-state index contributed by atoms with van der Waals surface area (Å²) in [7, 11) is 1.64. The molecule has 1 atom stereocenters. The average Bonchev–Trinajstić information content (AvgIpc) is 3.09. The lowest BCUT2D eigenvalue weighted by molar-refractivity contribution is -0.133. The van der Waals surface area contributed by atoms with E-state index >= 15 is 0 Å². The fraction of sp³-hybridized carbons (Fsp3) is 0.565. The lowest BCUT2D eigenvalue weighted by atomic mass is 9.91. The second kappa shape index (κ2) is 7.73. The molecule has 1 aromatic carbocycles. The van der Waals surface area contributed by atoms with Gasteiger partial charge in [-0.25, -0.2) is 0 Å². The van der Waals surface area contributed by atoms with Gasteiger partial charge in [-0.05, 0) is 44.4 Å². The van der Waals surface area contributed by atoms with E-state index in [-0.39, 0.29) is 17.9 Å². The molecule has 1 aliphatic heterocycles. The number of benzene rings is 1. The smallest absolute Gasteiger partial charge is 0.271 e.